The maximum Gasteiger partial charge on any atom is 0.277 e. The van der Waals surface area contributed by atoms with E-state index in [9.17, 15) is 4.79 Å². The third kappa shape index (κ3) is 2.14. The lowest BCUT2D eigenvalue weighted by molar-refractivity contribution is 0.0941. The second-order valence-electron chi connectivity index (χ2n) is 3.04. The summed E-state index contributed by atoms with van der Waals surface area (Å²) >= 11 is 0. The maximum absolute atomic E-state index is 11.5. The van der Waals surface area contributed by atoms with Crippen LogP contribution in [0.1, 0.15) is 16.1 Å². The molecule has 0 aromatic carbocycles. The molecule has 16 heavy (non-hydrogen) atoms. The summed E-state index contributed by atoms with van der Waals surface area (Å²) in [5, 5.41) is 9.32. The van der Waals surface area contributed by atoms with Crippen LogP contribution in [0.4, 0.5) is 5.82 Å². The van der Waals surface area contributed by atoms with Gasteiger partial charge in [0.05, 0.1) is 0 Å². The van der Waals surface area contributed by atoms with Gasteiger partial charge in [-0.25, -0.2) is 4.63 Å². The largest absolute Gasteiger partial charge is 0.379 e. The molecule has 0 atom stereocenters. The minimum absolute atomic E-state index is 0.0103. The summed E-state index contributed by atoms with van der Waals surface area (Å²) in [5.74, 6) is -0.453. The average Bonchev–Trinajstić information content (AvgIpc) is 2.74. The highest BCUT2D eigenvalue weighted by atomic mass is 16.6. The first-order valence-corrected chi connectivity index (χ1v) is 4.52. The smallest absolute Gasteiger partial charge is 0.277 e. The van der Waals surface area contributed by atoms with E-state index in [1.807, 2.05) is 6.07 Å². The summed E-state index contributed by atoms with van der Waals surface area (Å²) in [4.78, 5) is 15.4. The highest BCUT2D eigenvalue weighted by Crippen LogP contribution is 2.04. The number of rotatable bonds is 3. The van der Waals surface area contributed by atoms with Crippen molar-refractivity contribution in [3.8, 4) is 0 Å². The first kappa shape index (κ1) is 10.1. The van der Waals surface area contributed by atoms with Crippen LogP contribution in [0.15, 0.2) is 29.2 Å². The van der Waals surface area contributed by atoms with Crippen LogP contribution in [0.25, 0.3) is 0 Å². The van der Waals surface area contributed by atoms with Crippen LogP contribution in [0, 0.1) is 0 Å². The Bertz CT molecular complexity index is 482. The molecule has 0 aliphatic heterocycles. The van der Waals surface area contributed by atoms with E-state index in [1.54, 1.807) is 18.5 Å². The highest BCUT2D eigenvalue weighted by molar-refractivity contribution is 5.95. The van der Waals surface area contributed by atoms with Crippen LogP contribution in [-0.4, -0.2) is 21.2 Å². The predicted octanol–water partition coefficient (Wildman–Crippen LogP) is -0.0232. The van der Waals surface area contributed by atoms with Gasteiger partial charge in [0.2, 0.25) is 11.5 Å². The van der Waals surface area contributed by atoms with Gasteiger partial charge in [-0.3, -0.25) is 9.78 Å². The standard InChI is InChI=1S/C9H9N5O2/c10-8-7(13-16-14-8)9(15)12-5-6-2-1-3-11-4-6/h1-4H,5H2,(H2,10,14)(H,12,15). The number of hydrogen-bond donors (Lipinski definition) is 2. The molecule has 0 aliphatic rings. The zero-order valence-corrected chi connectivity index (χ0v) is 8.25. The van der Waals surface area contributed by atoms with Crippen molar-refractivity contribution in [1.82, 2.24) is 20.6 Å². The number of nitrogens with one attached hydrogen (secondary N) is 1. The monoisotopic (exact) mass is 219 g/mol. The summed E-state index contributed by atoms with van der Waals surface area (Å²) in [5.41, 5.74) is 6.24. The van der Waals surface area contributed by atoms with Crippen molar-refractivity contribution >= 4 is 11.7 Å². The van der Waals surface area contributed by atoms with Gasteiger partial charge in [0.25, 0.3) is 5.91 Å². The van der Waals surface area contributed by atoms with Gasteiger partial charge in [-0.2, -0.15) is 0 Å². The number of nitrogen functional groups attached to an aromatic ring is 1. The summed E-state index contributed by atoms with van der Waals surface area (Å²) in [6.45, 7) is 0.346. The molecule has 7 heteroatoms. The molecular weight excluding hydrogens is 210 g/mol. The molecule has 0 spiro atoms. The van der Waals surface area contributed by atoms with Crippen molar-refractivity contribution in [3.05, 3.63) is 35.8 Å². The topological polar surface area (TPSA) is 107 Å². The van der Waals surface area contributed by atoms with Gasteiger partial charge in [0.15, 0.2) is 0 Å². The van der Waals surface area contributed by atoms with Crippen LogP contribution < -0.4 is 11.1 Å². The number of carbonyl (C=O) groups excluding carboxylic acids is 1. The van der Waals surface area contributed by atoms with Crippen LogP contribution in [0.3, 0.4) is 0 Å². The van der Waals surface area contributed by atoms with Crippen molar-refractivity contribution in [2.45, 2.75) is 6.54 Å². The van der Waals surface area contributed by atoms with Crippen LogP contribution in [-0.2, 0) is 6.54 Å². The van der Waals surface area contributed by atoms with Crippen molar-refractivity contribution in [3.63, 3.8) is 0 Å². The molecule has 1 amide bonds. The maximum atomic E-state index is 11.5. The number of nitrogens with zero attached hydrogens (tertiary/aromatic N) is 3. The summed E-state index contributed by atoms with van der Waals surface area (Å²) < 4.78 is 4.32. The molecule has 7 nitrogen and oxygen atoms in total. The van der Waals surface area contributed by atoms with Crippen LogP contribution in [0.5, 0.6) is 0 Å². The van der Waals surface area contributed by atoms with Gasteiger partial charge in [-0.15, -0.1) is 0 Å². The summed E-state index contributed by atoms with van der Waals surface area (Å²) in [6.07, 6.45) is 3.32. The Morgan fingerprint density at radius 3 is 3.00 bits per heavy atom. The van der Waals surface area contributed by atoms with Crippen molar-refractivity contribution in [1.29, 1.82) is 0 Å². The molecule has 0 radical (unpaired) electrons. The number of pyridine rings is 1. The molecule has 0 fully saturated rings. The summed E-state index contributed by atoms with van der Waals surface area (Å²) in [7, 11) is 0. The molecule has 2 aromatic heterocycles. The number of nitrogens with two attached hydrogens (primary N) is 1. The Hall–Kier alpha value is -2.44. The van der Waals surface area contributed by atoms with E-state index in [0.717, 1.165) is 5.56 Å². The third-order valence-electron chi connectivity index (χ3n) is 1.90. The molecule has 0 aliphatic carbocycles. The Labute approximate surface area is 90.6 Å². The Morgan fingerprint density at radius 2 is 2.38 bits per heavy atom. The van der Waals surface area contributed by atoms with Crippen LogP contribution >= 0.6 is 0 Å². The fourth-order valence-corrected chi connectivity index (χ4v) is 1.12. The first-order chi connectivity index (χ1) is 7.77. The fourth-order valence-electron chi connectivity index (χ4n) is 1.12. The number of carbonyl (C=O) groups is 1. The molecular formula is C9H9N5O2. The number of aromatic nitrogens is 3. The van der Waals surface area contributed by atoms with E-state index >= 15 is 0 Å². The van der Waals surface area contributed by atoms with Crippen molar-refractivity contribution in [2.75, 3.05) is 5.73 Å². The van der Waals surface area contributed by atoms with E-state index in [2.05, 4.69) is 25.2 Å². The molecule has 0 saturated carbocycles. The molecule has 2 rings (SSSR count). The van der Waals surface area contributed by atoms with Gasteiger partial charge in [-0.05, 0) is 21.9 Å². The Kier molecular flexibility index (Phi) is 2.77. The van der Waals surface area contributed by atoms with E-state index in [-0.39, 0.29) is 11.5 Å². The highest BCUT2D eigenvalue weighted by Gasteiger charge is 2.15. The molecule has 0 unspecified atom stereocenters. The lowest BCUT2D eigenvalue weighted by Crippen LogP contribution is -2.24. The lowest BCUT2D eigenvalue weighted by Gasteiger charge is -2.01. The number of amides is 1. The molecule has 0 bridgehead atoms. The zero-order valence-electron chi connectivity index (χ0n) is 8.25. The van der Waals surface area contributed by atoms with Gasteiger partial charge in [0, 0.05) is 18.9 Å². The van der Waals surface area contributed by atoms with Gasteiger partial charge < -0.3 is 11.1 Å². The molecule has 2 aromatic rings. The van der Waals surface area contributed by atoms with E-state index in [4.69, 9.17) is 5.73 Å². The second-order valence-corrected chi connectivity index (χ2v) is 3.04. The minimum Gasteiger partial charge on any atom is -0.379 e. The fraction of sp³-hybridized carbons (Fsp3) is 0.111. The average molecular weight is 219 g/mol. The number of anilines is 1. The lowest BCUT2D eigenvalue weighted by atomic mass is 10.3. The zero-order chi connectivity index (χ0) is 11.4. The SMILES string of the molecule is Nc1nonc1C(=O)NCc1cccnc1. The molecule has 3 N–H and O–H groups in total. The van der Waals surface area contributed by atoms with Gasteiger partial charge in [-0.1, -0.05) is 6.07 Å². The van der Waals surface area contributed by atoms with Crippen molar-refractivity contribution in [2.24, 2.45) is 0 Å². The van der Waals surface area contributed by atoms with E-state index in [0.29, 0.717) is 6.54 Å². The quantitative estimate of drug-likeness (QED) is 0.751. The molecule has 2 heterocycles. The summed E-state index contributed by atoms with van der Waals surface area (Å²) in [6, 6.07) is 3.63. The molecule has 82 valence electrons. The normalized spacial score (nSPS) is 10.0. The van der Waals surface area contributed by atoms with Crippen molar-refractivity contribution < 1.29 is 9.42 Å². The minimum atomic E-state index is -0.428. The second kappa shape index (κ2) is 4.39. The van der Waals surface area contributed by atoms with Gasteiger partial charge in [0.1, 0.15) is 0 Å². The number of hydrogen-bond acceptors (Lipinski definition) is 6. The first-order valence-electron chi connectivity index (χ1n) is 4.52. The van der Waals surface area contributed by atoms with Crippen LogP contribution in [0.2, 0.25) is 0 Å². The Morgan fingerprint density at radius 1 is 1.50 bits per heavy atom. The van der Waals surface area contributed by atoms with E-state index < -0.39 is 5.91 Å². The molecule has 0 saturated heterocycles. The Balaban J connectivity index is 1.97. The predicted molar refractivity (Wildman–Crippen MR) is 54.1 cm³/mol. The van der Waals surface area contributed by atoms with Gasteiger partial charge >= 0.3 is 0 Å². The third-order valence-corrected chi connectivity index (χ3v) is 1.90. The van der Waals surface area contributed by atoms with E-state index in [1.165, 1.54) is 0 Å².